The molecule has 1 fully saturated rings. The normalized spacial score (nSPS) is 18.5. The SMILES string of the molecule is CN(C)CCN(CC1CCCO1)S(=O)(=O)c1ccc(-c2ccn[nH]2)o1. The molecule has 0 spiro atoms. The van der Waals surface area contributed by atoms with Gasteiger partial charge in [0, 0.05) is 32.4 Å². The van der Waals surface area contributed by atoms with Crippen molar-refractivity contribution < 1.29 is 17.6 Å². The molecule has 3 heterocycles. The molecule has 0 amide bonds. The van der Waals surface area contributed by atoms with E-state index < -0.39 is 10.0 Å². The van der Waals surface area contributed by atoms with Gasteiger partial charge in [0.1, 0.15) is 5.69 Å². The Labute approximate surface area is 147 Å². The highest BCUT2D eigenvalue weighted by atomic mass is 32.2. The van der Waals surface area contributed by atoms with Crippen LogP contribution in [0.3, 0.4) is 0 Å². The highest BCUT2D eigenvalue weighted by molar-refractivity contribution is 7.89. The number of sulfonamides is 1. The van der Waals surface area contributed by atoms with Gasteiger partial charge in [-0.1, -0.05) is 0 Å². The number of nitrogens with zero attached hydrogens (tertiary/aromatic N) is 3. The molecule has 1 atom stereocenters. The van der Waals surface area contributed by atoms with Crippen molar-refractivity contribution in [3.63, 3.8) is 0 Å². The van der Waals surface area contributed by atoms with Gasteiger partial charge in [-0.05, 0) is 45.1 Å². The number of hydrogen-bond donors (Lipinski definition) is 1. The molecule has 0 bridgehead atoms. The standard InChI is InChI=1S/C16H24N4O4S/c1-19(2)9-10-20(12-13-4-3-11-23-13)25(21,22)16-6-5-15(24-16)14-7-8-17-18-14/h5-8,13H,3-4,9-12H2,1-2H3,(H,17,18). The fourth-order valence-corrected chi connectivity index (χ4v) is 4.13. The van der Waals surface area contributed by atoms with Gasteiger partial charge in [0.2, 0.25) is 5.09 Å². The van der Waals surface area contributed by atoms with Crippen molar-refractivity contribution in [3.8, 4) is 11.5 Å². The summed E-state index contributed by atoms with van der Waals surface area (Å²) in [7, 11) is 0.105. The lowest BCUT2D eigenvalue weighted by Gasteiger charge is -2.25. The number of ether oxygens (including phenoxy) is 1. The summed E-state index contributed by atoms with van der Waals surface area (Å²) in [4.78, 5) is 1.95. The zero-order valence-corrected chi connectivity index (χ0v) is 15.3. The molecule has 1 saturated heterocycles. The maximum Gasteiger partial charge on any atom is 0.276 e. The largest absolute Gasteiger partial charge is 0.442 e. The topological polar surface area (TPSA) is 91.7 Å². The van der Waals surface area contributed by atoms with Crippen LogP contribution in [0.2, 0.25) is 0 Å². The summed E-state index contributed by atoms with van der Waals surface area (Å²) >= 11 is 0. The lowest BCUT2D eigenvalue weighted by molar-refractivity contribution is 0.0922. The number of nitrogens with one attached hydrogen (secondary N) is 1. The molecule has 1 N–H and O–H groups in total. The molecule has 2 aromatic rings. The van der Waals surface area contributed by atoms with E-state index >= 15 is 0 Å². The van der Waals surface area contributed by atoms with Crippen LogP contribution in [0.5, 0.6) is 0 Å². The second-order valence-corrected chi connectivity index (χ2v) is 8.26. The smallest absolute Gasteiger partial charge is 0.276 e. The Morgan fingerprint density at radius 2 is 2.12 bits per heavy atom. The summed E-state index contributed by atoms with van der Waals surface area (Å²) in [6.07, 6.45) is 3.38. The predicted molar refractivity (Wildman–Crippen MR) is 92.6 cm³/mol. The monoisotopic (exact) mass is 368 g/mol. The Bertz CT molecular complexity index is 764. The van der Waals surface area contributed by atoms with E-state index in [2.05, 4.69) is 10.2 Å². The van der Waals surface area contributed by atoms with Crippen molar-refractivity contribution in [3.05, 3.63) is 24.4 Å². The Hall–Kier alpha value is -1.68. The average Bonchev–Trinajstić information content (AvgIpc) is 3.32. The lowest BCUT2D eigenvalue weighted by atomic mass is 10.2. The number of furan rings is 1. The van der Waals surface area contributed by atoms with E-state index in [4.69, 9.17) is 9.15 Å². The van der Waals surface area contributed by atoms with Crippen LogP contribution in [0.25, 0.3) is 11.5 Å². The van der Waals surface area contributed by atoms with Crippen LogP contribution in [0.4, 0.5) is 0 Å². The van der Waals surface area contributed by atoms with Crippen molar-refractivity contribution in [2.75, 3.05) is 40.3 Å². The van der Waals surface area contributed by atoms with Crippen LogP contribution >= 0.6 is 0 Å². The van der Waals surface area contributed by atoms with Gasteiger partial charge >= 0.3 is 0 Å². The molecule has 0 saturated carbocycles. The molecule has 9 heteroatoms. The Morgan fingerprint density at radius 1 is 1.28 bits per heavy atom. The molecule has 1 aliphatic heterocycles. The first-order chi connectivity index (χ1) is 12.0. The molecular weight excluding hydrogens is 344 g/mol. The summed E-state index contributed by atoms with van der Waals surface area (Å²) in [5, 5.41) is 6.56. The summed E-state index contributed by atoms with van der Waals surface area (Å²) < 4.78 is 38.8. The highest BCUT2D eigenvalue weighted by Crippen LogP contribution is 2.26. The van der Waals surface area contributed by atoms with Crippen LogP contribution in [0, 0.1) is 0 Å². The second-order valence-electron chi connectivity index (χ2n) is 6.39. The second kappa shape index (κ2) is 7.69. The molecular formula is C16H24N4O4S. The first-order valence-electron chi connectivity index (χ1n) is 8.33. The minimum atomic E-state index is -3.73. The minimum Gasteiger partial charge on any atom is -0.442 e. The summed E-state index contributed by atoms with van der Waals surface area (Å²) in [5.74, 6) is 0.445. The summed E-state index contributed by atoms with van der Waals surface area (Å²) in [5.41, 5.74) is 0.639. The van der Waals surface area contributed by atoms with Crippen LogP contribution in [0.15, 0.2) is 33.9 Å². The number of likely N-dealkylation sites (N-methyl/N-ethyl adjacent to an activating group) is 1. The lowest BCUT2D eigenvalue weighted by Crippen LogP contribution is -2.41. The number of rotatable bonds is 8. The van der Waals surface area contributed by atoms with Gasteiger partial charge < -0.3 is 14.1 Å². The third-order valence-corrected chi connectivity index (χ3v) is 5.91. The molecule has 138 valence electrons. The van der Waals surface area contributed by atoms with E-state index in [-0.39, 0.29) is 11.2 Å². The van der Waals surface area contributed by atoms with Crippen LogP contribution in [0.1, 0.15) is 12.8 Å². The van der Waals surface area contributed by atoms with Crippen molar-refractivity contribution in [1.82, 2.24) is 19.4 Å². The van der Waals surface area contributed by atoms with Gasteiger partial charge in [-0.15, -0.1) is 0 Å². The van der Waals surface area contributed by atoms with E-state index in [1.807, 2.05) is 19.0 Å². The van der Waals surface area contributed by atoms with E-state index in [9.17, 15) is 8.42 Å². The Morgan fingerprint density at radius 3 is 2.76 bits per heavy atom. The highest BCUT2D eigenvalue weighted by Gasteiger charge is 2.31. The first-order valence-corrected chi connectivity index (χ1v) is 9.77. The zero-order valence-electron chi connectivity index (χ0n) is 14.5. The molecule has 1 unspecified atom stereocenters. The van der Waals surface area contributed by atoms with E-state index in [0.29, 0.717) is 37.7 Å². The van der Waals surface area contributed by atoms with Crippen LogP contribution in [-0.4, -0.2) is 74.3 Å². The van der Waals surface area contributed by atoms with E-state index in [1.54, 1.807) is 18.3 Å². The molecule has 0 aromatic carbocycles. The summed E-state index contributed by atoms with van der Waals surface area (Å²) in [6, 6.07) is 4.85. The number of aromatic nitrogens is 2. The molecule has 1 aliphatic rings. The predicted octanol–water partition coefficient (Wildman–Crippen LogP) is 1.40. The summed E-state index contributed by atoms with van der Waals surface area (Å²) in [6.45, 7) is 2.04. The minimum absolute atomic E-state index is 0.0565. The maximum absolute atomic E-state index is 13.0. The van der Waals surface area contributed by atoms with E-state index in [1.165, 1.54) is 10.4 Å². The molecule has 0 aliphatic carbocycles. The van der Waals surface area contributed by atoms with Gasteiger partial charge in [-0.3, -0.25) is 5.10 Å². The van der Waals surface area contributed by atoms with Gasteiger partial charge in [0.25, 0.3) is 10.0 Å². The van der Waals surface area contributed by atoms with Crippen molar-refractivity contribution >= 4 is 10.0 Å². The van der Waals surface area contributed by atoms with Crippen LogP contribution in [-0.2, 0) is 14.8 Å². The number of H-pyrrole nitrogens is 1. The third kappa shape index (κ3) is 4.30. The fourth-order valence-electron chi connectivity index (χ4n) is 2.76. The van der Waals surface area contributed by atoms with Crippen molar-refractivity contribution in [1.29, 1.82) is 0 Å². The van der Waals surface area contributed by atoms with Crippen LogP contribution < -0.4 is 0 Å². The maximum atomic E-state index is 13.0. The Balaban J connectivity index is 1.81. The average molecular weight is 368 g/mol. The van der Waals surface area contributed by atoms with Gasteiger partial charge in [-0.2, -0.15) is 9.40 Å². The van der Waals surface area contributed by atoms with Gasteiger partial charge in [0.15, 0.2) is 5.76 Å². The molecule has 8 nitrogen and oxygen atoms in total. The first kappa shape index (κ1) is 18.1. The molecule has 25 heavy (non-hydrogen) atoms. The number of aromatic amines is 1. The molecule has 3 rings (SSSR count). The molecule has 0 radical (unpaired) electrons. The quantitative estimate of drug-likeness (QED) is 0.757. The van der Waals surface area contributed by atoms with Gasteiger partial charge in [0.05, 0.1) is 6.10 Å². The van der Waals surface area contributed by atoms with E-state index in [0.717, 1.165) is 12.8 Å². The fraction of sp³-hybridized carbons (Fsp3) is 0.562. The molecule has 2 aromatic heterocycles. The third-order valence-electron chi connectivity index (χ3n) is 4.17. The zero-order chi connectivity index (χ0) is 17.9. The Kier molecular flexibility index (Phi) is 5.57. The number of hydrogen-bond acceptors (Lipinski definition) is 6. The van der Waals surface area contributed by atoms with Gasteiger partial charge in [-0.25, -0.2) is 8.42 Å². The van der Waals surface area contributed by atoms with Crippen molar-refractivity contribution in [2.24, 2.45) is 0 Å². The van der Waals surface area contributed by atoms with Crippen molar-refractivity contribution in [2.45, 2.75) is 24.0 Å².